The van der Waals surface area contributed by atoms with E-state index in [-0.39, 0.29) is 0 Å². The smallest absolute Gasteiger partial charge is 0.103 e. The SMILES string of the molecule is CCC(C)n1cc(C#N)c(C)n1. The topological polar surface area (TPSA) is 41.6 Å². The number of aromatic nitrogens is 2. The molecular weight excluding hydrogens is 150 g/mol. The Morgan fingerprint density at radius 2 is 2.42 bits per heavy atom. The average molecular weight is 163 g/mol. The van der Waals surface area contributed by atoms with Crippen molar-refractivity contribution in [3.05, 3.63) is 17.5 Å². The van der Waals surface area contributed by atoms with Gasteiger partial charge in [-0.05, 0) is 20.3 Å². The second-order valence-corrected chi connectivity index (χ2v) is 2.98. The van der Waals surface area contributed by atoms with Crippen LogP contribution in [0.25, 0.3) is 0 Å². The molecule has 1 aromatic rings. The van der Waals surface area contributed by atoms with Crippen LogP contribution in [0.2, 0.25) is 0 Å². The molecule has 0 saturated heterocycles. The Morgan fingerprint density at radius 3 is 2.83 bits per heavy atom. The molecule has 1 aromatic heterocycles. The second kappa shape index (κ2) is 3.40. The van der Waals surface area contributed by atoms with Crippen LogP contribution in [-0.4, -0.2) is 9.78 Å². The van der Waals surface area contributed by atoms with Gasteiger partial charge >= 0.3 is 0 Å². The maximum absolute atomic E-state index is 8.68. The van der Waals surface area contributed by atoms with E-state index in [1.807, 2.05) is 17.8 Å². The van der Waals surface area contributed by atoms with E-state index >= 15 is 0 Å². The summed E-state index contributed by atoms with van der Waals surface area (Å²) in [7, 11) is 0. The van der Waals surface area contributed by atoms with Crippen molar-refractivity contribution in [2.45, 2.75) is 33.2 Å². The molecule has 3 heteroatoms. The highest BCUT2D eigenvalue weighted by atomic mass is 15.3. The minimum atomic E-state index is 0.380. The average Bonchev–Trinajstić information content (AvgIpc) is 2.45. The van der Waals surface area contributed by atoms with Crippen molar-refractivity contribution < 1.29 is 0 Å². The largest absolute Gasteiger partial charge is 0.268 e. The Bertz CT molecular complexity index is 306. The Morgan fingerprint density at radius 1 is 1.75 bits per heavy atom. The lowest BCUT2D eigenvalue weighted by Crippen LogP contribution is -2.03. The first-order valence-corrected chi connectivity index (χ1v) is 4.14. The molecule has 64 valence electrons. The molecular formula is C9H13N3. The molecule has 0 saturated carbocycles. The zero-order chi connectivity index (χ0) is 9.14. The third-order valence-electron chi connectivity index (χ3n) is 2.08. The lowest BCUT2D eigenvalue weighted by molar-refractivity contribution is 0.475. The second-order valence-electron chi connectivity index (χ2n) is 2.98. The zero-order valence-corrected chi connectivity index (χ0v) is 7.70. The number of aryl methyl sites for hydroxylation is 1. The number of nitriles is 1. The Balaban J connectivity index is 2.98. The first-order chi connectivity index (χ1) is 5.69. The van der Waals surface area contributed by atoms with Gasteiger partial charge in [0.05, 0.1) is 11.3 Å². The molecule has 1 unspecified atom stereocenters. The molecule has 0 aliphatic rings. The van der Waals surface area contributed by atoms with Crippen LogP contribution >= 0.6 is 0 Å². The van der Waals surface area contributed by atoms with E-state index in [1.54, 1.807) is 0 Å². The van der Waals surface area contributed by atoms with Gasteiger partial charge < -0.3 is 0 Å². The van der Waals surface area contributed by atoms with Crippen LogP contribution < -0.4 is 0 Å². The first kappa shape index (κ1) is 8.79. The summed E-state index contributed by atoms with van der Waals surface area (Å²) in [5.41, 5.74) is 1.49. The summed E-state index contributed by atoms with van der Waals surface area (Å²) >= 11 is 0. The van der Waals surface area contributed by atoms with Crippen molar-refractivity contribution in [1.82, 2.24) is 9.78 Å². The van der Waals surface area contributed by atoms with Gasteiger partial charge in [0, 0.05) is 12.2 Å². The summed E-state index contributed by atoms with van der Waals surface area (Å²) in [5.74, 6) is 0. The van der Waals surface area contributed by atoms with Gasteiger partial charge in [-0.25, -0.2) is 0 Å². The molecule has 0 fully saturated rings. The molecule has 0 N–H and O–H groups in total. The minimum Gasteiger partial charge on any atom is -0.268 e. The van der Waals surface area contributed by atoms with Crippen LogP contribution in [0.1, 0.15) is 37.6 Å². The highest BCUT2D eigenvalue weighted by Crippen LogP contribution is 2.12. The fraction of sp³-hybridized carbons (Fsp3) is 0.556. The molecule has 0 radical (unpaired) electrons. The van der Waals surface area contributed by atoms with Gasteiger partial charge in [-0.1, -0.05) is 6.92 Å². The van der Waals surface area contributed by atoms with E-state index in [0.29, 0.717) is 11.6 Å². The van der Waals surface area contributed by atoms with E-state index < -0.39 is 0 Å². The van der Waals surface area contributed by atoms with E-state index in [2.05, 4.69) is 25.0 Å². The van der Waals surface area contributed by atoms with Crippen LogP contribution in [0.5, 0.6) is 0 Å². The molecule has 3 nitrogen and oxygen atoms in total. The first-order valence-electron chi connectivity index (χ1n) is 4.14. The third-order valence-corrected chi connectivity index (χ3v) is 2.08. The van der Waals surface area contributed by atoms with Crippen LogP contribution in [0.4, 0.5) is 0 Å². The zero-order valence-electron chi connectivity index (χ0n) is 7.70. The van der Waals surface area contributed by atoms with Crippen LogP contribution in [0.3, 0.4) is 0 Å². The Kier molecular flexibility index (Phi) is 2.49. The summed E-state index contributed by atoms with van der Waals surface area (Å²) in [6, 6.07) is 2.49. The summed E-state index contributed by atoms with van der Waals surface area (Å²) in [4.78, 5) is 0. The summed E-state index contributed by atoms with van der Waals surface area (Å²) in [6.07, 6.45) is 2.84. The van der Waals surface area contributed by atoms with Gasteiger partial charge in [-0.2, -0.15) is 10.4 Å². The lowest BCUT2D eigenvalue weighted by atomic mass is 10.2. The predicted molar refractivity (Wildman–Crippen MR) is 46.7 cm³/mol. The molecule has 1 rings (SSSR count). The van der Waals surface area contributed by atoms with E-state index in [4.69, 9.17) is 5.26 Å². The molecule has 1 atom stereocenters. The van der Waals surface area contributed by atoms with Gasteiger partial charge in [-0.3, -0.25) is 4.68 Å². The van der Waals surface area contributed by atoms with Crippen molar-refractivity contribution in [1.29, 1.82) is 5.26 Å². The third kappa shape index (κ3) is 1.48. The molecule has 0 spiro atoms. The summed E-state index contributed by atoms with van der Waals surface area (Å²) in [6.45, 7) is 6.05. The highest BCUT2D eigenvalue weighted by molar-refractivity contribution is 5.29. The maximum Gasteiger partial charge on any atom is 0.103 e. The summed E-state index contributed by atoms with van der Waals surface area (Å²) < 4.78 is 1.86. The fourth-order valence-corrected chi connectivity index (χ4v) is 1.00. The number of hydrogen-bond acceptors (Lipinski definition) is 2. The van der Waals surface area contributed by atoms with Gasteiger partial charge in [0.2, 0.25) is 0 Å². The number of hydrogen-bond donors (Lipinski definition) is 0. The molecule has 0 aliphatic heterocycles. The van der Waals surface area contributed by atoms with Crippen molar-refractivity contribution in [2.75, 3.05) is 0 Å². The van der Waals surface area contributed by atoms with E-state index in [1.165, 1.54) is 0 Å². The highest BCUT2D eigenvalue weighted by Gasteiger charge is 2.07. The van der Waals surface area contributed by atoms with Gasteiger partial charge in [-0.15, -0.1) is 0 Å². The Labute approximate surface area is 72.6 Å². The molecule has 1 heterocycles. The predicted octanol–water partition coefficient (Wildman–Crippen LogP) is 2.03. The van der Waals surface area contributed by atoms with Gasteiger partial charge in [0.15, 0.2) is 0 Å². The Hall–Kier alpha value is -1.30. The minimum absolute atomic E-state index is 0.380. The molecule has 0 amide bonds. The standard InChI is InChI=1S/C9H13N3/c1-4-7(2)12-6-9(5-10)8(3)11-12/h6-7H,4H2,1-3H3. The van der Waals surface area contributed by atoms with Crippen LogP contribution in [0.15, 0.2) is 6.20 Å². The number of nitrogens with zero attached hydrogens (tertiary/aromatic N) is 3. The molecule has 0 aromatic carbocycles. The van der Waals surface area contributed by atoms with Gasteiger partial charge in [0.1, 0.15) is 6.07 Å². The monoisotopic (exact) mass is 163 g/mol. The fourth-order valence-electron chi connectivity index (χ4n) is 1.00. The quantitative estimate of drug-likeness (QED) is 0.669. The van der Waals surface area contributed by atoms with E-state index in [9.17, 15) is 0 Å². The molecule has 12 heavy (non-hydrogen) atoms. The van der Waals surface area contributed by atoms with Crippen LogP contribution in [0, 0.1) is 18.3 Å². The van der Waals surface area contributed by atoms with Crippen molar-refractivity contribution in [2.24, 2.45) is 0 Å². The molecule has 0 bridgehead atoms. The summed E-state index contributed by atoms with van der Waals surface area (Å²) in [5, 5.41) is 12.9. The van der Waals surface area contributed by atoms with Crippen molar-refractivity contribution >= 4 is 0 Å². The van der Waals surface area contributed by atoms with Crippen LogP contribution in [-0.2, 0) is 0 Å². The number of rotatable bonds is 2. The van der Waals surface area contributed by atoms with Gasteiger partial charge in [0.25, 0.3) is 0 Å². The van der Waals surface area contributed by atoms with Crippen molar-refractivity contribution in [3.63, 3.8) is 0 Å². The van der Waals surface area contributed by atoms with E-state index in [0.717, 1.165) is 12.1 Å². The lowest BCUT2D eigenvalue weighted by Gasteiger charge is -2.07. The maximum atomic E-state index is 8.68. The normalized spacial score (nSPS) is 12.5. The van der Waals surface area contributed by atoms with Crippen molar-refractivity contribution in [3.8, 4) is 6.07 Å². The molecule has 0 aliphatic carbocycles.